The third-order valence-electron chi connectivity index (χ3n) is 3.67. The number of anilines is 1. The van der Waals surface area contributed by atoms with Crippen LogP contribution >= 0.6 is 11.6 Å². The second-order valence-electron chi connectivity index (χ2n) is 5.54. The van der Waals surface area contributed by atoms with Crippen molar-refractivity contribution in [3.8, 4) is 0 Å². The predicted molar refractivity (Wildman–Crippen MR) is 96.5 cm³/mol. The van der Waals surface area contributed by atoms with Crippen molar-refractivity contribution >= 4 is 27.3 Å². The Bertz CT molecular complexity index is 727. The van der Waals surface area contributed by atoms with E-state index in [9.17, 15) is 8.42 Å². The quantitative estimate of drug-likeness (QED) is 0.659. The summed E-state index contributed by atoms with van der Waals surface area (Å²) >= 11 is 6.00. The van der Waals surface area contributed by atoms with E-state index in [1.165, 1.54) is 19.3 Å². The molecule has 0 radical (unpaired) electrons. The molecule has 2 aromatic rings. The summed E-state index contributed by atoms with van der Waals surface area (Å²) in [5.74, 6) is 0. The molecule has 0 aliphatic rings. The predicted octanol–water partition coefficient (Wildman–Crippen LogP) is 5.26. The second kappa shape index (κ2) is 8.37. The van der Waals surface area contributed by atoms with E-state index in [0.29, 0.717) is 10.7 Å². The third-order valence-corrected chi connectivity index (χ3v) is 5.38. The standard InChI is InChI=1S/C18H22ClNO2S/c1-2-3-4-5-8-15-11-13-16(14-12-15)23(21,22)20-18-10-7-6-9-17(18)19/h6-7,9-14,20H,2-5,8H2,1H3. The zero-order valence-electron chi connectivity index (χ0n) is 13.3. The SMILES string of the molecule is CCCCCCc1ccc(S(=O)(=O)Nc2ccccc2Cl)cc1. The molecule has 0 aliphatic heterocycles. The summed E-state index contributed by atoms with van der Waals surface area (Å²) in [5, 5.41) is 0.378. The van der Waals surface area contributed by atoms with Gasteiger partial charge >= 0.3 is 0 Å². The largest absolute Gasteiger partial charge is 0.278 e. The number of para-hydroxylation sites is 1. The third kappa shape index (κ3) is 5.26. The van der Waals surface area contributed by atoms with Crippen molar-refractivity contribution in [3.63, 3.8) is 0 Å². The van der Waals surface area contributed by atoms with Crippen LogP contribution in [0.4, 0.5) is 5.69 Å². The smallest absolute Gasteiger partial charge is 0.261 e. The fourth-order valence-electron chi connectivity index (χ4n) is 2.34. The van der Waals surface area contributed by atoms with E-state index in [2.05, 4.69) is 11.6 Å². The van der Waals surface area contributed by atoms with Gasteiger partial charge < -0.3 is 0 Å². The summed E-state index contributed by atoms with van der Waals surface area (Å²) in [4.78, 5) is 0.245. The molecule has 0 unspecified atom stereocenters. The number of nitrogens with one attached hydrogen (secondary N) is 1. The molecule has 0 heterocycles. The van der Waals surface area contributed by atoms with Gasteiger partial charge in [0, 0.05) is 0 Å². The van der Waals surface area contributed by atoms with Crippen LogP contribution in [0.15, 0.2) is 53.4 Å². The van der Waals surface area contributed by atoms with Gasteiger partial charge in [0.05, 0.1) is 15.6 Å². The zero-order chi connectivity index (χ0) is 16.7. The van der Waals surface area contributed by atoms with Crippen molar-refractivity contribution in [1.82, 2.24) is 0 Å². The average Bonchev–Trinajstić information content (AvgIpc) is 2.54. The highest BCUT2D eigenvalue weighted by atomic mass is 35.5. The number of rotatable bonds is 8. The number of benzene rings is 2. The van der Waals surface area contributed by atoms with Crippen LogP contribution in [0, 0.1) is 0 Å². The van der Waals surface area contributed by atoms with Gasteiger partial charge in [0.2, 0.25) is 0 Å². The molecule has 0 aromatic heterocycles. The van der Waals surface area contributed by atoms with Gasteiger partial charge in [0.15, 0.2) is 0 Å². The molecule has 1 N–H and O–H groups in total. The molecule has 23 heavy (non-hydrogen) atoms. The lowest BCUT2D eigenvalue weighted by Gasteiger charge is -2.10. The molecule has 124 valence electrons. The van der Waals surface area contributed by atoms with Gasteiger partial charge in [-0.05, 0) is 42.7 Å². The Morgan fingerprint density at radius 2 is 1.65 bits per heavy atom. The van der Waals surface area contributed by atoms with Gasteiger partial charge in [0.25, 0.3) is 10.0 Å². The maximum Gasteiger partial charge on any atom is 0.261 e. The summed E-state index contributed by atoms with van der Waals surface area (Å²) in [6.07, 6.45) is 5.79. The minimum atomic E-state index is -3.62. The first kappa shape index (κ1) is 17.8. The molecule has 0 bridgehead atoms. The van der Waals surface area contributed by atoms with Crippen molar-refractivity contribution in [2.75, 3.05) is 4.72 Å². The van der Waals surface area contributed by atoms with Gasteiger partial charge in [-0.1, -0.05) is 62.1 Å². The number of aryl methyl sites for hydroxylation is 1. The van der Waals surface area contributed by atoms with E-state index in [-0.39, 0.29) is 4.90 Å². The first-order valence-electron chi connectivity index (χ1n) is 7.89. The van der Waals surface area contributed by atoms with Crippen LogP contribution in [0.5, 0.6) is 0 Å². The van der Waals surface area contributed by atoms with Crippen LogP contribution < -0.4 is 4.72 Å². The molecular formula is C18H22ClNO2S. The molecule has 2 aromatic carbocycles. The van der Waals surface area contributed by atoms with Crippen molar-refractivity contribution in [3.05, 3.63) is 59.1 Å². The summed E-state index contributed by atoms with van der Waals surface area (Å²) in [7, 11) is -3.62. The van der Waals surface area contributed by atoms with E-state index in [0.717, 1.165) is 18.4 Å². The van der Waals surface area contributed by atoms with Crippen LogP contribution in [0.25, 0.3) is 0 Å². The fraction of sp³-hybridized carbons (Fsp3) is 0.333. The number of hydrogen-bond donors (Lipinski definition) is 1. The second-order valence-corrected chi connectivity index (χ2v) is 7.63. The molecule has 0 fully saturated rings. The zero-order valence-corrected chi connectivity index (χ0v) is 14.8. The minimum absolute atomic E-state index is 0.245. The number of hydrogen-bond acceptors (Lipinski definition) is 2. The van der Waals surface area contributed by atoms with Gasteiger partial charge in [-0.3, -0.25) is 4.72 Å². The Morgan fingerprint density at radius 1 is 0.957 bits per heavy atom. The molecule has 0 aliphatic carbocycles. The van der Waals surface area contributed by atoms with Crippen LogP contribution in [-0.2, 0) is 16.4 Å². The maximum absolute atomic E-state index is 12.4. The van der Waals surface area contributed by atoms with Crippen LogP contribution in [0.2, 0.25) is 5.02 Å². The van der Waals surface area contributed by atoms with Crippen molar-refractivity contribution in [1.29, 1.82) is 0 Å². The number of halogens is 1. The molecule has 5 heteroatoms. The number of sulfonamides is 1. The monoisotopic (exact) mass is 351 g/mol. The van der Waals surface area contributed by atoms with Gasteiger partial charge in [-0.25, -0.2) is 8.42 Å². The van der Waals surface area contributed by atoms with Crippen LogP contribution in [0.3, 0.4) is 0 Å². The summed E-state index contributed by atoms with van der Waals surface area (Å²) in [5.41, 5.74) is 1.55. The van der Waals surface area contributed by atoms with Crippen LogP contribution in [0.1, 0.15) is 38.2 Å². The van der Waals surface area contributed by atoms with Crippen molar-refractivity contribution < 1.29 is 8.42 Å². The van der Waals surface area contributed by atoms with Gasteiger partial charge in [-0.15, -0.1) is 0 Å². The summed E-state index contributed by atoms with van der Waals surface area (Å²) in [6, 6.07) is 13.8. The molecular weight excluding hydrogens is 330 g/mol. The molecule has 0 amide bonds. The molecule has 0 saturated carbocycles. The van der Waals surface area contributed by atoms with Crippen molar-refractivity contribution in [2.45, 2.75) is 43.9 Å². The Hall–Kier alpha value is -1.52. The van der Waals surface area contributed by atoms with Crippen molar-refractivity contribution in [2.24, 2.45) is 0 Å². The first-order chi connectivity index (χ1) is 11.0. The molecule has 2 rings (SSSR count). The lowest BCUT2D eigenvalue weighted by atomic mass is 10.1. The highest BCUT2D eigenvalue weighted by molar-refractivity contribution is 7.92. The normalized spacial score (nSPS) is 11.4. The van der Waals surface area contributed by atoms with Gasteiger partial charge in [0.1, 0.15) is 0 Å². The highest BCUT2D eigenvalue weighted by Crippen LogP contribution is 2.24. The Morgan fingerprint density at radius 3 is 2.30 bits per heavy atom. The topological polar surface area (TPSA) is 46.2 Å². The highest BCUT2D eigenvalue weighted by Gasteiger charge is 2.15. The molecule has 0 saturated heterocycles. The summed E-state index contributed by atoms with van der Waals surface area (Å²) < 4.78 is 27.3. The minimum Gasteiger partial charge on any atom is -0.278 e. The van der Waals surface area contributed by atoms with E-state index in [4.69, 9.17) is 11.6 Å². The number of unbranched alkanes of at least 4 members (excludes halogenated alkanes) is 3. The molecule has 3 nitrogen and oxygen atoms in total. The molecule has 0 spiro atoms. The van der Waals surface area contributed by atoms with Gasteiger partial charge in [-0.2, -0.15) is 0 Å². The Kier molecular flexibility index (Phi) is 6.48. The summed E-state index contributed by atoms with van der Waals surface area (Å²) in [6.45, 7) is 2.19. The molecule has 0 atom stereocenters. The Balaban J connectivity index is 2.04. The first-order valence-corrected chi connectivity index (χ1v) is 9.75. The Labute approximate surface area is 143 Å². The lowest BCUT2D eigenvalue weighted by Crippen LogP contribution is -2.13. The fourth-order valence-corrected chi connectivity index (χ4v) is 3.66. The lowest BCUT2D eigenvalue weighted by molar-refractivity contribution is 0.601. The van der Waals surface area contributed by atoms with E-state index in [1.54, 1.807) is 36.4 Å². The van der Waals surface area contributed by atoms with E-state index in [1.807, 2.05) is 12.1 Å². The van der Waals surface area contributed by atoms with Crippen LogP contribution in [-0.4, -0.2) is 8.42 Å². The van der Waals surface area contributed by atoms with E-state index >= 15 is 0 Å². The van der Waals surface area contributed by atoms with E-state index < -0.39 is 10.0 Å². The maximum atomic E-state index is 12.4. The average molecular weight is 352 g/mol.